The Morgan fingerprint density at radius 3 is 2.14 bits per heavy atom. The fourth-order valence-electron chi connectivity index (χ4n) is 3.59. The van der Waals surface area contributed by atoms with Crippen LogP contribution in [0.5, 0.6) is 5.75 Å². The average Bonchev–Trinajstić information content (AvgIpc) is 3.14. The predicted molar refractivity (Wildman–Crippen MR) is 120 cm³/mol. The molecule has 0 aliphatic carbocycles. The molecule has 0 radical (unpaired) electrons. The minimum Gasteiger partial charge on any atom is -0.493 e. The van der Waals surface area contributed by atoms with Crippen molar-refractivity contribution in [2.45, 2.75) is 25.9 Å². The van der Waals surface area contributed by atoms with Gasteiger partial charge in [0.1, 0.15) is 17.6 Å². The molecule has 1 aliphatic heterocycles. The average molecular weight is 425 g/mol. The Kier molecular flexibility index (Phi) is 5.79. The summed E-state index contributed by atoms with van der Waals surface area (Å²) in [5.41, 5.74) is 4.34. The molecule has 2 unspecified atom stereocenters. The normalized spacial score (nSPS) is 18.3. The molecular weight excluding hydrogens is 403 g/mol. The van der Waals surface area contributed by atoms with Gasteiger partial charge in [-0.2, -0.15) is 0 Å². The Morgan fingerprint density at radius 2 is 1.52 bits per heavy atom. The topological polar surface area (TPSA) is 33.6 Å². The molecule has 0 spiro atoms. The molecule has 5 heteroatoms. The van der Waals surface area contributed by atoms with Gasteiger partial charge in [0.25, 0.3) is 0 Å². The highest BCUT2D eigenvalue weighted by molar-refractivity contribution is 6.30. The molecule has 3 aromatic rings. The number of benzene rings is 3. The molecule has 1 N–H and O–H groups in total. The monoisotopic (exact) mass is 424 g/mol. The van der Waals surface area contributed by atoms with E-state index in [0.29, 0.717) is 16.7 Å². The van der Waals surface area contributed by atoms with Gasteiger partial charge >= 0.3 is 0 Å². The minimum atomic E-state index is -0.0841. The van der Waals surface area contributed by atoms with Crippen molar-refractivity contribution >= 4 is 29.0 Å². The van der Waals surface area contributed by atoms with Gasteiger partial charge in [0.15, 0.2) is 0 Å². The fourth-order valence-corrected chi connectivity index (χ4v) is 3.84. The van der Waals surface area contributed by atoms with Crippen LogP contribution in [0.4, 0.5) is 0 Å². The number of aryl methyl sites for hydroxylation is 1. The highest BCUT2D eigenvalue weighted by Crippen LogP contribution is 2.39. The van der Waals surface area contributed by atoms with Crippen LogP contribution < -0.4 is 10.1 Å². The quantitative estimate of drug-likeness (QED) is 0.504. The summed E-state index contributed by atoms with van der Waals surface area (Å²) in [6.07, 6.45) is 0. The van der Waals surface area contributed by atoms with Crippen molar-refractivity contribution < 1.29 is 4.74 Å². The highest BCUT2D eigenvalue weighted by atomic mass is 35.5. The Hall–Kier alpha value is -2.49. The van der Waals surface area contributed by atoms with Crippen LogP contribution in [0, 0.1) is 6.92 Å². The van der Waals surface area contributed by atoms with Crippen LogP contribution >= 0.6 is 23.2 Å². The Bertz CT molecular complexity index is 1030. The smallest absolute Gasteiger partial charge is 0.133 e. The minimum absolute atomic E-state index is 0.0146. The lowest BCUT2D eigenvalue weighted by atomic mass is 9.95. The maximum absolute atomic E-state index is 6.10. The van der Waals surface area contributed by atoms with Crippen LogP contribution in [-0.4, -0.2) is 12.4 Å². The molecule has 0 bridgehead atoms. The molecule has 29 heavy (non-hydrogen) atoms. The zero-order valence-electron chi connectivity index (χ0n) is 16.3. The second-order valence-corrected chi connectivity index (χ2v) is 7.95. The molecule has 0 saturated heterocycles. The summed E-state index contributed by atoms with van der Waals surface area (Å²) < 4.78 is 5.89. The third-order valence-electron chi connectivity index (χ3n) is 5.01. The van der Waals surface area contributed by atoms with Crippen LogP contribution in [0.15, 0.2) is 71.7 Å². The molecule has 4 rings (SSSR count). The SMILES string of the molecule is CCOc1cc(C)ccc1C1=NC(c2ccc(Cl)cc2)C(c2ccc(Cl)cc2)N1. The Balaban J connectivity index is 1.77. The van der Waals surface area contributed by atoms with Gasteiger partial charge in [-0.3, -0.25) is 4.99 Å². The number of nitrogens with zero attached hydrogens (tertiary/aromatic N) is 1. The van der Waals surface area contributed by atoms with Crippen molar-refractivity contribution in [2.24, 2.45) is 4.99 Å². The highest BCUT2D eigenvalue weighted by Gasteiger charge is 2.32. The summed E-state index contributed by atoms with van der Waals surface area (Å²) in [5.74, 6) is 1.67. The van der Waals surface area contributed by atoms with Crippen molar-refractivity contribution in [1.82, 2.24) is 5.32 Å². The van der Waals surface area contributed by atoms with Crippen LogP contribution in [0.25, 0.3) is 0 Å². The van der Waals surface area contributed by atoms with E-state index in [1.807, 2.05) is 55.5 Å². The van der Waals surface area contributed by atoms with E-state index in [0.717, 1.165) is 33.8 Å². The molecule has 3 nitrogen and oxygen atoms in total. The van der Waals surface area contributed by atoms with Crippen LogP contribution in [0.2, 0.25) is 10.0 Å². The fraction of sp³-hybridized carbons (Fsp3) is 0.208. The number of ether oxygens (including phenoxy) is 1. The predicted octanol–water partition coefficient (Wildman–Crippen LogP) is 6.53. The first-order valence-corrected chi connectivity index (χ1v) is 10.4. The van der Waals surface area contributed by atoms with Gasteiger partial charge in [0.05, 0.1) is 18.2 Å². The van der Waals surface area contributed by atoms with E-state index in [1.54, 1.807) is 0 Å². The summed E-state index contributed by atoms with van der Waals surface area (Å²) >= 11 is 12.2. The van der Waals surface area contributed by atoms with Gasteiger partial charge in [-0.25, -0.2) is 0 Å². The van der Waals surface area contributed by atoms with Gasteiger partial charge < -0.3 is 10.1 Å². The van der Waals surface area contributed by atoms with Crippen molar-refractivity contribution in [3.63, 3.8) is 0 Å². The molecule has 148 valence electrons. The zero-order valence-corrected chi connectivity index (χ0v) is 17.8. The zero-order chi connectivity index (χ0) is 20.4. The maximum Gasteiger partial charge on any atom is 0.133 e. The van der Waals surface area contributed by atoms with Crippen molar-refractivity contribution in [2.75, 3.05) is 6.61 Å². The van der Waals surface area contributed by atoms with E-state index in [1.165, 1.54) is 0 Å². The molecule has 0 amide bonds. The van der Waals surface area contributed by atoms with Crippen molar-refractivity contribution in [1.29, 1.82) is 0 Å². The molecule has 1 heterocycles. The molecule has 3 aromatic carbocycles. The largest absolute Gasteiger partial charge is 0.493 e. The van der Waals surface area contributed by atoms with Crippen molar-refractivity contribution in [3.05, 3.63) is 99.0 Å². The molecule has 0 fully saturated rings. The van der Waals surface area contributed by atoms with Gasteiger partial charge in [-0.1, -0.05) is 53.5 Å². The first kappa shape index (κ1) is 19.8. The number of nitrogens with one attached hydrogen (secondary N) is 1. The number of halogens is 2. The number of aliphatic imine (C=N–C) groups is 1. The second kappa shape index (κ2) is 8.48. The second-order valence-electron chi connectivity index (χ2n) is 7.08. The summed E-state index contributed by atoms with van der Waals surface area (Å²) in [6.45, 7) is 4.65. The third kappa shape index (κ3) is 4.26. The maximum atomic E-state index is 6.10. The van der Waals surface area contributed by atoms with E-state index in [9.17, 15) is 0 Å². The molecule has 2 atom stereocenters. The Morgan fingerprint density at radius 1 is 0.897 bits per heavy atom. The number of hydrogen-bond acceptors (Lipinski definition) is 3. The lowest BCUT2D eigenvalue weighted by molar-refractivity contribution is 0.339. The Labute approximate surface area is 181 Å². The lowest BCUT2D eigenvalue weighted by Crippen LogP contribution is -2.25. The van der Waals surface area contributed by atoms with Crippen LogP contribution in [0.3, 0.4) is 0 Å². The third-order valence-corrected chi connectivity index (χ3v) is 5.51. The van der Waals surface area contributed by atoms with Gasteiger partial charge in [0.2, 0.25) is 0 Å². The van der Waals surface area contributed by atoms with Gasteiger partial charge in [-0.05, 0) is 66.9 Å². The van der Waals surface area contributed by atoms with E-state index in [4.69, 9.17) is 32.9 Å². The van der Waals surface area contributed by atoms with E-state index in [2.05, 4.69) is 30.4 Å². The van der Waals surface area contributed by atoms with Crippen LogP contribution in [0.1, 0.15) is 41.3 Å². The summed E-state index contributed by atoms with van der Waals surface area (Å²) in [7, 11) is 0. The molecule has 0 saturated carbocycles. The lowest BCUT2D eigenvalue weighted by Gasteiger charge is -2.20. The first-order chi connectivity index (χ1) is 14.0. The summed E-state index contributed by atoms with van der Waals surface area (Å²) in [6, 6.07) is 21.9. The van der Waals surface area contributed by atoms with Gasteiger partial charge in [0, 0.05) is 10.0 Å². The van der Waals surface area contributed by atoms with E-state index < -0.39 is 0 Å². The van der Waals surface area contributed by atoms with Gasteiger partial charge in [-0.15, -0.1) is 0 Å². The standard InChI is InChI=1S/C24H22Cl2N2O/c1-3-29-21-14-15(2)4-13-20(21)24-27-22(16-5-9-18(25)10-6-16)23(28-24)17-7-11-19(26)12-8-17/h4-14,22-23H,3H2,1-2H3,(H,27,28). The number of amidine groups is 1. The number of rotatable bonds is 5. The summed E-state index contributed by atoms with van der Waals surface area (Å²) in [5, 5.41) is 5.05. The van der Waals surface area contributed by atoms with Crippen LogP contribution in [-0.2, 0) is 0 Å². The van der Waals surface area contributed by atoms with Crippen molar-refractivity contribution in [3.8, 4) is 5.75 Å². The first-order valence-electron chi connectivity index (χ1n) is 9.64. The van der Waals surface area contributed by atoms with E-state index >= 15 is 0 Å². The molecule has 1 aliphatic rings. The molecule has 0 aromatic heterocycles. The number of hydrogen-bond donors (Lipinski definition) is 1. The van der Waals surface area contributed by atoms with E-state index in [-0.39, 0.29) is 12.1 Å². The summed E-state index contributed by atoms with van der Waals surface area (Å²) in [4.78, 5) is 5.06. The molecular formula is C24H22Cl2N2O.